The van der Waals surface area contributed by atoms with Crippen molar-refractivity contribution in [2.45, 2.75) is 32.3 Å². The van der Waals surface area contributed by atoms with Gasteiger partial charge < -0.3 is 25.0 Å². The molecule has 3 aromatic rings. The van der Waals surface area contributed by atoms with Gasteiger partial charge in [-0.15, -0.1) is 0 Å². The number of anilines is 3. The van der Waals surface area contributed by atoms with Gasteiger partial charge in [0.25, 0.3) is 0 Å². The number of nitrogens with one attached hydrogen (secondary N) is 2. The molecule has 10 heteroatoms. The molecule has 37 heavy (non-hydrogen) atoms. The van der Waals surface area contributed by atoms with Crippen molar-refractivity contribution in [1.29, 1.82) is 0 Å². The maximum atomic E-state index is 13.6. The number of fused-ring (bicyclic) bond motifs is 1. The van der Waals surface area contributed by atoms with Gasteiger partial charge in [-0.2, -0.15) is 0 Å². The fourth-order valence-electron chi connectivity index (χ4n) is 3.91. The Morgan fingerprint density at radius 2 is 2.19 bits per heavy atom. The topological polar surface area (TPSA) is 88.6 Å². The van der Waals surface area contributed by atoms with E-state index in [1.165, 1.54) is 24.5 Å². The first-order valence-corrected chi connectivity index (χ1v) is 12.7. The summed E-state index contributed by atoms with van der Waals surface area (Å²) >= 11 is 5.94. The van der Waals surface area contributed by atoms with Crippen LogP contribution < -0.4 is 15.4 Å². The Labute approximate surface area is 220 Å². The number of rotatable bonds is 11. The number of nitrogens with zero attached hydrogens (tertiary/aromatic N) is 3. The van der Waals surface area contributed by atoms with Crippen molar-refractivity contribution in [2.75, 3.05) is 44.0 Å². The van der Waals surface area contributed by atoms with Crippen molar-refractivity contribution in [3.63, 3.8) is 0 Å². The van der Waals surface area contributed by atoms with Crippen LogP contribution in [-0.4, -0.2) is 60.2 Å². The quantitative estimate of drug-likeness (QED) is 0.315. The minimum Gasteiger partial charge on any atom is -0.486 e. The fraction of sp³-hybridized carbons (Fsp3) is 0.370. The van der Waals surface area contributed by atoms with Crippen molar-refractivity contribution < 1.29 is 18.7 Å². The summed E-state index contributed by atoms with van der Waals surface area (Å²) in [5.74, 6) is 0.200. The summed E-state index contributed by atoms with van der Waals surface area (Å²) in [6, 6.07) is 7.87. The lowest BCUT2D eigenvalue weighted by Crippen LogP contribution is -2.20. The average Bonchev–Trinajstić information content (AvgIpc) is 3.39. The Hall–Kier alpha value is -3.27. The lowest BCUT2D eigenvalue weighted by Gasteiger charge is -2.18. The van der Waals surface area contributed by atoms with Gasteiger partial charge in [0, 0.05) is 36.2 Å². The molecule has 4 rings (SSSR count). The molecular weight excluding hydrogens is 497 g/mol. The van der Waals surface area contributed by atoms with E-state index in [0.29, 0.717) is 53.6 Å². The van der Waals surface area contributed by atoms with Crippen LogP contribution in [0.5, 0.6) is 5.75 Å². The maximum absolute atomic E-state index is 13.6. The van der Waals surface area contributed by atoms with Crippen molar-refractivity contribution in [3.8, 4) is 5.75 Å². The third-order valence-corrected chi connectivity index (χ3v) is 6.23. The Morgan fingerprint density at radius 1 is 1.32 bits per heavy atom. The third kappa shape index (κ3) is 7.38. The molecule has 2 aromatic carbocycles. The van der Waals surface area contributed by atoms with Crippen LogP contribution in [0.4, 0.5) is 21.6 Å². The highest BCUT2D eigenvalue weighted by Gasteiger charge is 2.21. The molecule has 0 aliphatic carbocycles. The molecule has 1 aliphatic rings. The predicted molar refractivity (Wildman–Crippen MR) is 144 cm³/mol. The zero-order chi connectivity index (χ0) is 26.2. The zero-order valence-electron chi connectivity index (χ0n) is 21.0. The van der Waals surface area contributed by atoms with Crippen molar-refractivity contribution in [2.24, 2.45) is 0 Å². The number of likely N-dealkylation sites (N-methyl/N-ethyl adjacent to an activating group) is 1. The third-order valence-electron chi connectivity index (χ3n) is 5.94. The smallest absolute Gasteiger partial charge is 0.248 e. The first-order valence-electron chi connectivity index (χ1n) is 12.3. The molecule has 0 radical (unpaired) electrons. The van der Waals surface area contributed by atoms with Gasteiger partial charge in [0.2, 0.25) is 5.91 Å². The lowest BCUT2D eigenvalue weighted by atomic mass is 10.1. The molecule has 0 spiro atoms. The van der Waals surface area contributed by atoms with Gasteiger partial charge >= 0.3 is 0 Å². The molecule has 0 saturated carbocycles. The summed E-state index contributed by atoms with van der Waals surface area (Å²) in [4.78, 5) is 23.7. The standard InChI is InChI=1S/C27H31ClFN5O3/c1-3-4-10-34(2)11-5-6-26(35)33-24-14-20-23(15-25(24)37-19-9-12-36-16-19)30-17-31-27(20)32-18-7-8-22(29)21(28)13-18/h5-8,13-15,17,19H,3-4,9-12,16H2,1-2H3,(H,33,35)(H,30,31,32)/b6-5+/t19-/m0/s1. The largest absolute Gasteiger partial charge is 0.486 e. The second kappa shape index (κ2) is 12.8. The van der Waals surface area contributed by atoms with Gasteiger partial charge in [-0.1, -0.05) is 31.0 Å². The number of ether oxygens (including phenoxy) is 2. The molecule has 1 atom stereocenters. The lowest BCUT2D eigenvalue weighted by molar-refractivity contribution is -0.111. The summed E-state index contributed by atoms with van der Waals surface area (Å²) in [6.45, 7) is 4.92. The molecule has 2 N–H and O–H groups in total. The van der Waals surface area contributed by atoms with E-state index in [9.17, 15) is 9.18 Å². The number of hydrogen-bond acceptors (Lipinski definition) is 7. The molecule has 1 amide bonds. The minimum atomic E-state index is -0.507. The van der Waals surface area contributed by atoms with Crippen LogP contribution in [0.2, 0.25) is 5.02 Å². The van der Waals surface area contributed by atoms with E-state index >= 15 is 0 Å². The Morgan fingerprint density at radius 3 is 2.95 bits per heavy atom. The Kier molecular flexibility index (Phi) is 9.27. The first kappa shape index (κ1) is 26.8. The summed E-state index contributed by atoms with van der Waals surface area (Å²) in [5, 5.41) is 6.74. The van der Waals surface area contributed by atoms with E-state index < -0.39 is 5.82 Å². The Balaban J connectivity index is 1.60. The van der Waals surface area contributed by atoms with E-state index in [2.05, 4.69) is 32.4 Å². The first-order chi connectivity index (χ1) is 17.9. The Bertz CT molecular complexity index is 1270. The predicted octanol–water partition coefficient (Wildman–Crippen LogP) is 5.56. The van der Waals surface area contributed by atoms with Crippen LogP contribution in [0.1, 0.15) is 26.2 Å². The van der Waals surface area contributed by atoms with Crippen molar-refractivity contribution in [3.05, 3.63) is 59.7 Å². The molecule has 1 saturated heterocycles. The average molecular weight is 528 g/mol. The highest BCUT2D eigenvalue weighted by molar-refractivity contribution is 6.31. The van der Waals surface area contributed by atoms with Crippen LogP contribution in [0.15, 0.2) is 48.8 Å². The van der Waals surface area contributed by atoms with Gasteiger partial charge in [0.15, 0.2) is 0 Å². The summed E-state index contributed by atoms with van der Waals surface area (Å²) in [5.41, 5.74) is 1.67. The van der Waals surface area contributed by atoms with Crippen LogP contribution >= 0.6 is 11.6 Å². The van der Waals surface area contributed by atoms with Crippen LogP contribution in [0.3, 0.4) is 0 Å². The molecule has 2 heterocycles. The van der Waals surface area contributed by atoms with Crippen LogP contribution in [0, 0.1) is 5.82 Å². The minimum absolute atomic E-state index is 0.00194. The SMILES string of the molecule is CCCCN(C)C/C=C/C(=O)Nc1cc2c(Nc3ccc(F)c(Cl)c3)ncnc2cc1O[C@H]1CCOC1. The molecular formula is C27H31ClFN5O3. The molecule has 8 nitrogen and oxygen atoms in total. The normalized spacial score (nSPS) is 15.5. The van der Waals surface area contributed by atoms with Crippen LogP contribution in [0.25, 0.3) is 10.9 Å². The molecule has 0 bridgehead atoms. The number of unbranched alkanes of at least 4 members (excludes halogenated alkanes) is 1. The van der Waals surface area contributed by atoms with E-state index in [0.717, 1.165) is 25.8 Å². The van der Waals surface area contributed by atoms with Gasteiger partial charge in [-0.3, -0.25) is 4.79 Å². The number of benzene rings is 2. The van der Waals surface area contributed by atoms with E-state index in [1.54, 1.807) is 18.2 Å². The second-order valence-corrected chi connectivity index (χ2v) is 9.36. The number of carbonyl (C=O) groups excluding carboxylic acids is 1. The summed E-state index contributed by atoms with van der Waals surface area (Å²) < 4.78 is 25.2. The highest BCUT2D eigenvalue weighted by Crippen LogP contribution is 2.35. The number of carbonyl (C=O) groups is 1. The molecule has 1 fully saturated rings. The molecule has 196 valence electrons. The fourth-order valence-corrected chi connectivity index (χ4v) is 4.09. The van der Waals surface area contributed by atoms with E-state index in [4.69, 9.17) is 21.1 Å². The second-order valence-electron chi connectivity index (χ2n) is 8.95. The van der Waals surface area contributed by atoms with Gasteiger partial charge in [-0.05, 0) is 44.3 Å². The van der Waals surface area contributed by atoms with E-state index in [-0.39, 0.29) is 17.0 Å². The van der Waals surface area contributed by atoms with Gasteiger partial charge in [-0.25, -0.2) is 14.4 Å². The van der Waals surface area contributed by atoms with E-state index in [1.807, 2.05) is 13.1 Å². The molecule has 1 aliphatic heterocycles. The molecule has 0 unspecified atom stereocenters. The van der Waals surface area contributed by atoms with Gasteiger partial charge in [0.05, 0.1) is 29.4 Å². The van der Waals surface area contributed by atoms with Gasteiger partial charge in [0.1, 0.15) is 29.8 Å². The number of hydrogen-bond donors (Lipinski definition) is 2. The molecule has 1 aromatic heterocycles. The zero-order valence-corrected chi connectivity index (χ0v) is 21.7. The monoisotopic (exact) mass is 527 g/mol. The number of halogens is 2. The van der Waals surface area contributed by atoms with Crippen molar-refractivity contribution >= 4 is 45.6 Å². The summed E-state index contributed by atoms with van der Waals surface area (Å²) in [6.07, 6.45) is 7.67. The maximum Gasteiger partial charge on any atom is 0.248 e. The number of amides is 1. The number of aromatic nitrogens is 2. The van der Waals surface area contributed by atoms with Crippen molar-refractivity contribution in [1.82, 2.24) is 14.9 Å². The highest BCUT2D eigenvalue weighted by atomic mass is 35.5. The summed E-state index contributed by atoms with van der Waals surface area (Å²) in [7, 11) is 2.03. The van der Waals surface area contributed by atoms with Crippen LogP contribution in [-0.2, 0) is 9.53 Å².